The molecule has 3 heterocycles. The standard InChI is InChI=1S/C20H28O5S/c1-20(23-12-13-26-20)16-9-8-15(24-18-6-2-4-10-21-18)14-17(16)25-19-7-3-5-11-22-19/h8-9,14,18-19H,2-7,10-13H2,1H3. The predicted octanol–water partition coefficient (Wildman–Crippen LogP) is 4.43. The van der Waals surface area contributed by atoms with Crippen LogP contribution in [-0.2, 0) is 19.1 Å². The third-order valence-corrected chi connectivity index (χ3v) is 6.34. The maximum absolute atomic E-state index is 6.26. The van der Waals surface area contributed by atoms with Crippen molar-refractivity contribution >= 4 is 11.8 Å². The van der Waals surface area contributed by atoms with Gasteiger partial charge in [0.05, 0.1) is 19.8 Å². The molecule has 3 atom stereocenters. The molecule has 4 rings (SSSR count). The van der Waals surface area contributed by atoms with Crippen LogP contribution in [0.4, 0.5) is 0 Å². The number of hydrogen-bond donors (Lipinski definition) is 0. The van der Waals surface area contributed by atoms with Gasteiger partial charge in [-0.15, -0.1) is 11.8 Å². The second kappa shape index (κ2) is 8.38. The van der Waals surface area contributed by atoms with E-state index in [9.17, 15) is 0 Å². The Hall–Kier alpha value is -0.950. The molecule has 0 saturated carbocycles. The average Bonchev–Trinajstić information content (AvgIpc) is 3.11. The molecule has 144 valence electrons. The van der Waals surface area contributed by atoms with Crippen LogP contribution in [0.3, 0.4) is 0 Å². The Bertz CT molecular complexity index is 590. The van der Waals surface area contributed by atoms with Gasteiger partial charge in [-0.3, -0.25) is 0 Å². The number of rotatable bonds is 5. The first-order valence-electron chi connectivity index (χ1n) is 9.72. The number of thioether (sulfide) groups is 1. The predicted molar refractivity (Wildman–Crippen MR) is 101 cm³/mol. The van der Waals surface area contributed by atoms with Gasteiger partial charge in [-0.25, -0.2) is 0 Å². The Kier molecular flexibility index (Phi) is 5.93. The van der Waals surface area contributed by atoms with Crippen molar-refractivity contribution < 1.29 is 23.7 Å². The van der Waals surface area contributed by atoms with Crippen molar-refractivity contribution in [3.8, 4) is 11.5 Å². The van der Waals surface area contributed by atoms with Gasteiger partial charge in [0.25, 0.3) is 0 Å². The fourth-order valence-corrected chi connectivity index (χ4v) is 4.67. The number of hydrogen-bond acceptors (Lipinski definition) is 6. The van der Waals surface area contributed by atoms with Crippen LogP contribution in [0.2, 0.25) is 0 Å². The lowest BCUT2D eigenvalue weighted by Crippen LogP contribution is -2.27. The van der Waals surface area contributed by atoms with Gasteiger partial charge in [0.2, 0.25) is 0 Å². The summed E-state index contributed by atoms with van der Waals surface area (Å²) >= 11 is 1.81. The van der Waals surface area contributed by atoms with E-state index in [2.05, 4.69) is 13.0 Å². The van der Waals surface area contributed by atoms with E-state index in [1.807, 2.05) is 12.1 Å². The molecule has 0 spiro atoms. The van der Waals surface area contributed by atoms with Gasteiger partial charge in [0.1, 0.15) is 16.4 Å². The van der Waals surface area contributed by atoms with Crippen molar-refractivity contribution in [2.75, 3.05) is 25.6 Å². The summed E-state index contributed by atoms with van der Waals surface area (Å²) in [5.41, 5.74) is 1.05. The van der Waals surface area contributed by atoms with Gasteiger partial charge in [0, 0.05) is 30.2 Å². The summed E-state index contributed by atoms with van der Waals surface area (Å²) in [6.45, 7) is 4.40. The Morgan fingerprint density at radius 1 is 0.962 bits per heavy atom. The van der Waals surface area contributed by atoms with E-state index >= 15 is 0 Å². The molecular weight excluding hydrogens is 352 g/mol. The van der Waals surface area contributed by atoms with E-state index in [0.717, 1.165) is 81.2 Å². The zero-order valence-electron chi connectivity index (χ0n) is 15.4. The zero-order chi connectivity index (χ0) is 17.8. The van der Waals surface area contributed by atoms with Gasteiger partial charge in [-0.1, -0.05) is 0 Å². The highest BCUT2D eigenvalue weighted by Gasteiger charge is 2.36. The van der Waals surface area contributed by atoms with Crippen LogP contribution in [-0.4, -0.2) is 38.2 Å². The van der Waals surface area contributed by atoms with Crippen LogP contribution in [0.5, 0.6) is 11.5 Å². The minimum atomic E-state index is -0.385. The smallest absolute Gasteiger partial charge is 0.199 e. The van der Waals surface area contributed by atoms with E-state index in [0.29, 0.717) is 0 Å². The van der Waals surface area contributed by atoms with Gasteiger partial charge in [0.15, 0.2) is 12.6 Å². The van der Waals surface area contributed by atoms with Crippen molar-refractivity contribution in [1.29, 1.82) is 0 Å². The lowest BCUT2D eigenvalue weighted by molar-refractivity contribution is -0.109. The third-order valence-electron chi connectivity index (χ3n) is 5.08. The molecule has 3 aliphatic heterocycles. The van der Waals surface area contributed by atoms with Crippen molar-refractivity contribution in [2.24, 2.45) is 0 Å². The molecule has 0 aliphatic carbocycles. The highest BCUT2D eigenvalue weighted by atomic mass is 32.2. The summed E-state index contributed by atoms with van der Waals surface area (Å²) in [6.07, 6.45) is 5.98. The van der Waals surface area contributed by atoms with Gasteiger partial charge >= 0.3 is 0 Å². The molecule has 0 radical (unpaired) electrons. The first kappa shape index (κ1) is 18.4. The molecule has 5 nitrogen and oxygen atoms in total. The normalized spacial score (nSPS) is 32.3. The third kappa shape index (κ3) is 4.30. The number of benzene rings is 1. The van der Waals surface area contributed by atoms with Crippen LogP contribution in [0, 0.1) is 0 Å². The summed E-state index contributed by atoms with van der Waals surface area (Å²) < 4.78 is 29.8. The molecule has 3 saturated heterocycles. The Morgan fingerprint density at radius 2 is 1.69 bits per heavy atom. The molecule has 26 heavy (non-hydrogen) atoms. The quantitative estimate of drug-likeness (QED) is 0.753. The van der Waals surface area contributed by atoms with Crippen LogP contribution >= 0.6 is 11.8 Å². The highest BCUT2D eigenvalue weighted by Crippen LogP contribution is 2.47. The minimum Gasteiger partial charge on any atom is -0.465 e. The Balaban J connectivity index is 1.56. The molecule has 3 aliphatic rings. The van der Waals surface area contributed by atoms with E-state index in [1.165, 1.54) is 0 Å². The largest absolute Gasteiger partial charge is 0.465 e. The van der Waals surface area contributed by atoms with E-state index in [1.54, 1.807) is 11.8 Å². The van der Waals surface area contributed by atoms with Gasteiger partial charge in [-0.05, 0) is 44.7 Å². The molecule has 6 heteroatoms. The van der Waals surface area contributed by atoms with Crippen LogP contribution in [0.25, 0.3) is 0 Å². The first-order chi connectivity index (χ1) is 12.7. The summed E-state index contributed by atoms with van der Waals surface area (Å²) in [7, 11) is 0. The van der Waals surface area contributed by atoms with Crippen LogP contribution < -0.4 is 9.47 Å². The zero-order valence-corrected chi connectivity index (χ0v) is 16.2. The van der Waals surface area contributed by atoms with Crippen LogP contribution in [0.15, 0.2) is 18.2 Å². The molecule has 0 amide bonds. The maximum Gasteiger partial charge on any atom is 0.199 e. The van der Waals surface area contributed by atoms with Crippen LogP contribution in [0.1, 0.15) is 51.0 Å². The first-order valence-corrected chi connectivity index (χ1v) is 10.7. The molecule has 0 N–H and O–H groups in total. The van der Waals surface area contributed by atoms with Gasteiger partial charge < -0.3 is 23.7 Å². The lowest BCUT2D eigenvalue weighted by atomic mass is 10.1. The fourth-order valence-electron chi connectivity index (χ4n) is 3.62. The van der Waals surface area contributed by atoms with Crippen molar-refractivity contribution in [1.82, 2.24) is 0 Å². The van der Waals surface area contributed by atoms with Crippen molar-refractivity contribution in [3.05, 3.63) is 23.8 Å². The molecule has 0 bridgehead atoms. The number of ether oxygens (including phenoxy) is 5. The molecule has 3 fully saturated rings. The monoisotopic (exact) mass is 380 g/mol. The topological polar surface area (TPSA) is 46.2 Å². The Labute approximate surface area is 159 Å². The fraction of sp³-hybridized carbons (Fsp3) is 0.700. The van der Waals surface area contributed by atoms with E-state index in [4.69, 9.17) is 23.7 Å². The molecule has 1 aromatic carbocycles. The van der Waals surface area contributed by atoms with Gasteiger partial charge in [-0.2, -0.15) is 0 Å². The van der Waals surface area contributed by atoms with E-state index < -0.39 is 0 Å². The SMILES string of the molecule is CC1(c2ccc(OC3CCCCO3)cc2OC2CCCCO2)OCCS1. The summed E-state index contributed by atoms with van der Waals surface area (Å²) in [4.78, 5) is -0.385. The maximum atomic E-state index is 6.26. The molecule has 3 unspecified atom stereocenters. The lowest BCUT2D eigenvalue weighted by Gasteiger charge is -2.30. The Morgan fingerprint density at radius 3 is 2.31 bits per heavy atom. The van der Waals surface area contributed by atoms with E-state index in [-0.39, 0.29) is 17.5 Å². The second-order valence-corrected chi connectivity index (χ2v) is 8.60. The van der Waals surface area contributed by atoms with Crippen molar-refractivity contribution in [2.45, 2.75) is 63.0 Å². The van der Waals surface area contributed by atoms with Crippen molar-refractivity contribution in [3.63, 3.8) is 0 Å². The minimum absolute atomic E-state index is 0.166. The summed E-state index contributed by atoms with van der Waals surface area (Å²) in [5.74, 6) is 2.56. The molecular formula is C20H28O5S. The summed E-state index contributed by atoms with van der Waals surface area (Å²) in [5, 5.41) is 0. The average molecular weight is 381 g/mol. The molecule has 0 aromatic heterocycles. The summed E-state index contributed by atoms with van der Waals surface area (Å²) in [6, 6.07) is 6.03. The highest BCUT2D eigenvalue weighted by molar-refractivity contribution is 8.00. The molecule has 1 aromatic rings. The second-order valence-electron chi connectivity index (χ2n) is 7.13.